The third-order valence-corrected chi connectivity index (χ3v) is 7.88. The molecule has 0 fully saturated rings. The summed E-state index contributed by atoms with van der Waals surface area (Å²) < 4.78 is 22.2. The van der Waals surface area contributed by atoms with Gasteiger partial charge < -0.3 is 19.3 Å². The van der Waals surface area contributed by atoms with Crippen molar-refractivity contribution in [3.8, 4) is 0 Å². The molecule has 0 amide bonds. The van der Waals surface area contributed by atoms with Crippen LogP contribution in [0.3, 0.4) is 0 Å². The zero-order valence-corrected chi connectivity index (χ0v) is 24.6. The van der Waals surface area contributed by atoms with Crippen LogP contribution in [0.1, 0.15) is 108 Å². The summed E-state index contributed by atoms with van der Waals surface area (Å²) in [5.74, 6) is 0.751. The summed E-state index contributed by atoms with van der Waals surface area (Å²) in [6, 6.07) is 15.0. The molecular formula is C32H52O5P. The molecule has 0 aliphatic carbocycles. The number of hydrogen-bond donors (Lipinski definition) is 2. The van der Waals surface area contributed by atoms with Crippen LogP contribution in [0.15, 0.2) is 42.5 Å². The van der Waals surface area contributed by atoms with Crippen molar-refractivity contribution < 1.29 is 23.8 Å². The summed E-state index contributed by atoms with van der Waals surface area (Å²) in [7, 11) is -4.07. The first-order valence-corrected chi connectivity index (χ1v) is 16.7. The van der Waals surface area contributed by atoms with Crippen LogP contribution in [0.25, 0.3) is 10.8 Å². The van der Waals surface area contributed by atoms with Crippen LogP contribution >= 0.6 is 7.60 Å². The van der Waals surface area contributed by atoms with Gasteiger partial charge >= 0.3 is 7.60 Å². The van der Waals surface area contributed by atoms with Crippen molar-refractivity contribution >= 4 is 18.4 Å². The minimum absolute atomic E-state index is 0.154. The Labute approximate surface area is 231 Å². The van der Waals surface area contributed by atoms with Crippen LogP contribution < -0.4 is 0 Å². The lowest BCUT2D eigenvalue weighted by Crippen LogP contribution is -2.07. The molecule has 2 atom stereocenters. The van der Waals surface area contributed by atoms with Gasteiger partial charge in [-0.15, -0.1) is 0 Å². The van der Waals surface area contributed by atoms with Gasteiger partial charge in [-0.3, -0.25) is 4.57 Å². The second-order valence-electron chi connectivity index (χ2n) is 10.8. The molecule has 215 valence electrons. The minimum Gasteiger partial charge on any atom is -0.381 e. The van der Waals surface area contributed by atoms with E-state index in [1.165, 1.54) is 93.4 Å². The molecule has 0 spiro atoms. The predicted molar refractivity (Wildman–Crippen MR) is 160 cm³/mol. The molecule has 1 radical (unpaired) electrons. The number of fused-ring (bicyclic) bond motifs is 1. The zero-order valence-electron chi connectivity index (χ0n) is 23.7. The highest BCUT2D eigenvalue weighted by Crippen LogP contribution is 2.34. The molecule has 2 rings (SSSR count). The third kappa shape index (κ3) is 15.4. The number of benzene rings is 2. The van der Waals surface area contributed by atoms with E-state index in [1.54, 1.807) is 0 Å². The minimum atomic E-state index is -4.07. The monoisotopic (exact) mass is 547 g/mol. The maximum absolute atomic E-state index is 11.0. The zero-order chi connectivity index (χ0) is 27.5. The molecule has 2 unspecified atom stereocenters. The molecule has 0 saturated heterocycles. The standard InChI is InChI=1S/C32H52O5P/c1-3-4-5-8-11-16-29(22-24-37-27-38(33,34)35)17-12-9-6-7-10-15-23-36-26-28(2)31-21-20-30-18-13-14-19-32(30)25-31/h13-14,18-21,25,28-29H,2-12,15-17,22-24,26-27H2,1H3,(H2,33,34,35). The first-order valence-electron chi connectivity index (χ1n) is 14.9. The fourth-order valence-corrected chi connectivity index (χ4v) is 5.40. The molecule has 0 aliphatic rings. The highest BCUT2D eigenvalue weighted by molar-refractivity contribution is 7.51. The smallest absolute Gasteiger partial charge is 0.350 e. The first kappa shape index (κ1) is 33.0. The Morgan fingerprint density at radius 2 is 1.39 bits per heavy atom. The summed E-state index contributed by atoms with van der Waals surface area (Å²) >= 11 is 0. The van der Waals surface area contributed by atoms with Crippen LogP contribution in [0.2, 0.25) is 0 Å². The van der Waals surface area contributed by atoms with Crippen molar-refractivity contribution in [2.24, 2.45) is 5.92 Å². The molecule has 2 aromatic rings. The van der Waals surface area contributed by atoms with E-state index >= 15 is 0 Å². The molecule has 0 aromatic heterocycles. The second-order valence-corrected chi connectivity index (χ2v) is 12.4. The highest BCUT2D eigenvalue weighted by Gasteiger charge is 2.14. The van der Waals surface area contributed by atoms with E-state index in [0.717, 1.165) is 19.4 Å². The predicted octanol–water partition coefficient (Wildman–Crippen LogP) is 9.02. The largest absolute Gasteiger partial charge is 0.381 e. The molecular weight excluding hydrogens is 495 g/mol. The van der Waals surface area contributed by atoms with Crippen molar-refractivity contribution in [1.82, 2.24) is 0 Å². The Hall–Kier alpha value is -1.23. The van der Waals surface area contributed by atoms with Crippen molar-refractivity contribution in [1.29, 1.82) is 0 Å². The molecule has 6 heteroatoms. The van der Waals surface area contributed by atoms with E-state index in [9.17, 15) is 4.57 Å². The van der Waals surface area contributed by atoms with Gasteiger partial charge in [0.05, 0.1) is 6.61 Å². The summed E-state index contributed by atoms with van der Waals surface area (Å²) in [4.78, 5) is 18.0. The normalized spacial score (nSPS) is 13.7. The van der Waals surface area contributed by atoms with Gasteiger partial charge in [0.15, 0.2) is 0 Å². The van der Waals surface area contributed by atoms with Crippen molar-refractivity contribution in [3.05, 3.63) is 55.0 Å². The Morgan fingerprint density at radius 1 is 0.763 bits per heavy atom. The average Bonchev–Trinajstić information content (AvgIpc) is 2.90. The molecule has 0 saturated carbocycles. The van der Waals surface area contributed by atoms with Gasteiger partial charge in [-0.2, -0.15) is 0 Å². The number of unbranched alkanes of at least 4 members (excludes halogenated alkanes) is 9. The Balaban J connectivity index is 1.51. The van der Waals surface area contributed by atoms with Crippen molar-refractivity contribution in [2.75, 3.05) is 26.2 Å². The van der Waals surface area contributed by atoms with E-state index in [-0.39, 0.29) is 5.92 Å². The van der Waals surface area contributed by atoms with Crippen LogP contribution in [0.5, 0.6) is 0 Å². The SMILES string of the molecule is [CH2]C(COCCCCCCCCC(CCCCCCC)CCOCP(=O)(O)O)c1ccc2ccccc2c1. The lowest BCUT2D eigenvalue weighted by molar-refractivity contribution is 0.124. The third-order valence-electron chi connectivity index (χ3n) is 7.36. The summed E-state index contributed by atoms with van der Waals surface area (Å²) in [5, 5.41) is 2.51. The van der Waals surface area contributed by atoms with Gasteiger partial charge in [0, 0.05) is 19.1 Å². The van der Waals surface area contributed by atoms with Gasteiger partial charge in [0.25, 0.3) is 0 Å². The Kier molecular flexibility index (Phi) is 17.2. The quantitative estimate of drug-likeness (QED) is 0.107. The summed E-state index contributed by atoms with van der Waals surface area (Å²) in [6.07, 6.45) is 16.5. The number of ether oxygens (including phenoxy) is 2. The molecule has 0 heterocycles. The lowest BCUT2D eigenvalue weighted by Gasteiger charge is -2.17. The number of rotatable bonds is 23. The molecule has 38 heavy (non-hydrogen) atoms. The van der Waals surface area contributed by atoms with E-state index in [1.807, 2.05) is 0 Å². The average molecular weight is 548 g/mol. The summed E-state index contributed by atoms with van der Waals surface area (Å²) in [6.45, 7) is 8.44. The van der Waals surface area contributed by atoms with E-state index in [4.69, 9.17) is 19.3 Å². The molecule has 2 aromatic carbocycles. The second kappa shape index (κ2) is 19.8. The van der Waals surface area contributed by atoms with Crippen LogP contribution in [0.4, 0.5) is 0 Å². The van der Waals surface area contributed by atoms with Crippen molar-refractivity contribution in [3.63, 3.8) is 0 Å². The maximum Gasteiger partial charge on any atom is 0.350 e. The maximum atomic E-state index is 11.0. The van der Waals surface area contributed by atoms with Crippen molar-refractivity contribution in [2.45, 2.75) is 103 Å². The van der Waals surface area contributed by atoms with Gasteiger partial charge in [0.1, 0.15) is 6.35 Å². The van der Waals surface area contributed by atoms with Gasteiger partial charge in [-0.25, -0.2) is 0 Å². The number of hydrogen-bond acceptors (Lipinski definition) is 3. The molecule has 0 aliphatic heterocycles. The van der Waals surface area contributed by atoms with Gasteiger partial charge in [-0.1, -0.05) is 126 Å². The van der Waals surface area contributed by atoms with E-state index in [0.29, 0.717) is 19.1 Å². The van der Waals surface area contributed by atoms with Gasteiger partial charge in [-0.05, 0) is 42.0 Å². The Morgan fingerprint density at radius 3 is 2.08 bits per heavy atom. The Bertz CT molecular complexity index is 912. The topological polar surface area (TPSA) is 76.0 Å². The summed E-state index contributed by atoms with van der Waals surface area (Å²) in [5.41, 5.74) is 1.23. The fourth-order valence-electron chi connectivity index (χ4n) is 5.03. The molecule has 0 bridgehead atoms. The molecule has 2 N–H and O–H groups in total. The van der Waals surface area contributed by atoms with E-state index < -0.39 is 13.9 Å². The van der Waals surface area contributed by atoms with Crippen LogP contribution in [-0.4, -0.2) is 36.0 Å². The van der Waals surface area contributed by atoms with Crippen LogP contribution in [-0.2, 0) is 14.0 Å². The first-order chi connectivity index (χ1) is 18.4. The van der Waals surface area contributed by atoms with E-state index in [2.05, 4.69) is 56.3 Å². The lowest BCUT2D eigenvalue weighted by atomic mass is 9.92. The van der Waals surface area contributed by atoms with Crippen LogP contribution in [0, 0.1) is 12.8 Å². The van der Waals surface area contributed by atoms with Gasteiger partial charge in [0.2, 0.25) is 0 Å². The molecule has 5 nitrogen and oxygen atoms in total. The highest BCUT2D eigenvalue weighted by atomic mass is 31.2. The fraction of sp³-hybridized carbons (Fsp3) is 0.656.